The summed E-state index contributed by atoms with van der Waals surface area (Å²) in [5, 5.41) is 8.69. The second-order valence-corrected chi connectivity index (χ2v) is 6.84. The fourth-order valence-corrected chi connectivity index (χ4v) is 3.31. The molecule has 1 saturated heterocycles. The Balaban J connectivity index is 2.03. The predicted octanol–water partition coefficient (Wildman–Crippen LogP) is 2.63. The van der Waals surface area contributed by atoms with E-state index in [0.29, 0.717) is 12.5 Å². The molecule has 3 rings (SSSR count). The van der Waals surface area contributed by atoms with E-state index in [2.05, 4.69) is 17.2 Å². The molecule has 2 aromatic heterocycles. The van der Waals surface area contributed by atoms with E-state index < -0.39 is 0 Å². The van der Waals surface area contributed by atoms with Crippen molar-refractivity contribution in [2.75, 3.05) is 6.61 Å². The average Bonchev–Trinajstić information content (AvgIpc) is 3.19. The van der Waals surface area contributed by atoms with Crippen LogP contribution in [0.5, 0.6) is 0 Å². The van der Waals surface area contributed by atoms with E-state index in [1.54, 1.807) is 4.57 Å². The van der Waals surface area contributed by atoms with Crippen LogP contribution >= 0.6 is 0 Å². The molecule has 0 amide bonds. The highest BCUT2D eigenvalue weighted by Crippen LogP contribution is 2.33. The lowest BCUT2D eigenvalue weighted by atomic mass is 10.0. The van der Waals surface area contributed by atoms with Gasteiger partial charge in [0.2, 0.25) is 0 Å². The highest BCUT2D eigenvalue weighted by Gasteiger charge is 2.32. The summed E-state index contributed by atoms with van der Waals surface area (Å²) in [5.41, 5.74) is 1.72. The molecule has 0 N–H and O–H groups in total. The van der Waals surface area contributed by atoms with E-state index in [1.807, 2.05) is 27.7 Å². The van der Waals surface area contributed by atoms with Gasteiger partial charge in [0, 0.05) is 18.2 Å². The highest BCUT2D eigenvalue weighted by atomic mass is 16.5. The Bertz CT molecular complexity index is 771. The van der Waals surface area contributed by atoms with Crippen LogP contribution in [0.25, 0.3) is 0 Å². The van der Waals surface area contributed by atoms with Gasteiger partial charge in [-0.25, -0.2) is 9.48 Å². The fourth-order valence-electron chi connectivity index (χ4n) is 3.31. The third-order valence-electron chi connectivity index (χ3n) is 4.76. The molecular formula is C17H26N4O3. The first kappa shape index (κ1) is 17.0. The first-order chi connectivity index (χ1) is 11.4. The van der Waals surface area contributed by atoms with E-state index in [1.165, 1.54) is 4.68 Å². The van der Waals surface area contributed by atoms with Crippen LogP contribution in [0.3, 0.4) is 0 Å². The fraction of sp³-hybridized carbons (Fsp3) is 0.706. The summed E-state index contributed by atoms with van der Waals surface area (Å²) in [6, 6.07) is 0.0341. The van der Waals surface area contributed by atoms with E-state index >= 15 is 0 Å². The Hall–Kier alpha value is -1.89. The maximum Gasteiger partial charge on any atom is 0.346 e. The van der Waals surface area contributed by atoms with Gasteiger partial charge in [0.1, 0.15) is 11.9 Å². The first-order valence-electron chi connectivity index (χ1n) is 8.68. The Morgan fingerprint density at radius 3 is 2.71 bits per heavy atom. The Morgan fingerprint density at radius 2 is 2.12 bits per heavy atom. The van der Waals surface area contributed by atoms with Gasteiger partial charge in [-0.3, -0.25) is 4.57 Å². The number of aromatic nitrogens is 4. The molecule has 1 fully saturated rings. The Morgan fingerprint density at radius 1 is 1.38 bits per heavy atom. The van der Waals surface area contributed by atoms with Crippen molar-refractivity contribution in [1.82, 2.24) is 19.5 Å². The van der Waals surface area contributed by atoms with Gasteiger partial charge in [-0.05, 0) is 39.5 Å². The van der Waals surface area contributed by atoms with Crippen LogP contribution in [0.4, 0.5) is 0 Å². The Labute approximate surface area is 141 Å². The summed E-state index contributed by atoms with van der Waals surface area (Å²) in [6.07, 6.45) is 1.65. The van der Waals surface area contributed by atoms with Gasteiger partial charge in [-0.2, -0.15) is 5.10 Å². The van der Waals surface area contributed by atoms with Crippen molar-refractivity contribution in [2.24, 2.45) is 5.92 Å². The zero-order valence-corrected chi connectivity index (χ0v) is 15.1. The highest BCUT2D eigenvalue weighted by molar-refractivity contribution is 5.22. The van der Waals surface area contributed by atoms with Crippen LogP contribution in [-0.4, -0.2) is 26.1 Å². The molecular weight excluding hydrogens is 308 g/mol. The van der Waals surface area contributed by atoms with E-state index in [-0.39, 0.29) is 17.8 Å². The lowest BCUT2D eigenvalue weighted by Crippen LogP contribution is -2.28. The van der Waals surface area contributed by atoms with Gasteiger partial charge < -0.3 is 9.26 Å². The quantitative estimate of drug-likeness (QED) is 0.840. The monoisotopic (exact) mass is 334 g/mol. The van der Waals surface area contributed by atoms with E-state index in [0.717, 1.165) is 42.3 Å². The van der Waals surface area contributed by atoms with Gasteiger partial charge in [-0.15, -0.1) is 0 Å². The number of aryl methyl sites for hydroxylation is 2. The average molecular weight is 334 g/mol. The molecule has 7 heteroatoms. The summed E-state index contributed by atoms with van der Waals surface area (Å²) >= 11 is 0. The SMILES string of the molecule is CCc1noc(C)c1Cn1nc([C@H]2OCC[C@H]2C)n(C(C)C)c1=O. The summed E-state index contributed by atoms with van der Waals surface area (Å²) in [7, 11) is 0. The lowest BCUT2D eigenvalue weighted by molar-refractivity contribution is 0.0825. The topological polar surface area (TPSA) is 75.1 Å². The van der Waals surface area contributed by atoms with Crippen molar-refractivity contribution in [3.8, 4) is 0 Å². The van der Waals surface area contributed by atoms with Crippen molar-refractivity contribution in [2.45, 2.75) is 66.2 Å². The zero-order valence-electron chi connectivity index (χ0n) is 15.1. The lowest BCUT2D eigenvalue weighted by Gasteiger charge is -2.16. The summed E-state index contributed by atoms with van der Waals surface area (Å²) in [4.78, 5) is 12.9. The summed E-state index contributed by atoms with van der Waals surface area (Å²) in [5.74, 6) is 1.83. The van der Waals surface area contributed by atoms with Gasteiger partial charge >= 0.3 is 5.69 Å². The van der Waals surface area contributed by atoms with E-state index in [4.69, 9.17) is 9.26 Å². The molecule has 0 aromatic carbocycles. The molecule has 0 bridgehead atoms. The van der Waals surface area contributed by atoms with Crippen LogP contribution in [0, 0.1) is 12.8 Å². The number of ether oxygens (including phenoxy) is 1. The third kappa shape index (κ3) is 2.81. The molecule has 0 radical (unpaired) electrons. The molecule has 7 nitrogen and oxygen atoms in total. The van der Waals surface area contributed by atoms with Gasteiger partial charge in [-0.1, -0.05) is 19.0 Å². The van der Waals surface area contributed by atoms with Crippen molar-refractivity contribution in [3.63, 3.8) is 0 Å². The Kier molecular flexibility index (Phi) is 4.62. The van der Waals surface area contributed by atoms with Gasteiger partial charge in [0.15, 0.2) is 5.82 Å². The van der Waals surface area contributed by atoms with Crippen LogP contribution in [0.1, 0.15) is 69.1 Å². The standard InChI is InChI=1S/C17H26N4O3/c1-6-14-13(12(5)24-19-14)9-20-17(22)21(10(2)3)16(18-20)15-11(4)7-8-23-15/h10-11,15H,6-9H2,1-5H3/t11-,15+/m1/s1. The minimum absolute atomic E-state index is 0.0341. The number of nitrogens with zero attached hydrogens (tertiary/aromatic N) is 4. The summed E-state index contributed by atoms with van der Waals surface area (Å²) < 4.78 is 14.4. The second-order valence-electron chi connectivity index (χ2n) is 6.84. The molecule has 24 heavy (non-hydrogen) atoms. The first-order valence-corrected chi connectivity index (χ1v) is 8.68. The normalized spacial score (nSPS) is 21.1. The van der Waals surface area contributed by atoms with Crippen molar-refractivity contribution >= 4 is 0 Å². The van der Waals surface area contributed by atoms with Crippen LogP contribution in [-0.2, 0) is 17.7 Å². The predicted molar refractivity (Wildman–Crippen MR) is 89.1 cm³/mol. The number of hydrogen-bond acceptors (Lipinski definition) is 5. The molecule has 1 aliphatic rings. The molecule has 2 atom stereocenters. The van der Waals surface area contributed by atoms with Crippen molar-refractivity contribution < 1.29 is 9.26 Å². The minimum Gasteiger partial charge on any atom is -0.370 e. The van der Waals surface area contributed by atoms with Crippen molar-refractivity contribution in [3.05, 3.63) is 33.3 Å². The summed E-state index contributed by atoms with van der Waals surface area (Å²) in [6.45, 7) is 11.1. The molecule has 0 unspecified atom stereocenters. The van der Waals surface area contributed by atoms with Crippen LogP contribution < -0.4 is 5.69 Å². The molecule has 1 aliphatic heterocycles. The maximum atomic E-state index is 12.9. The molecule has 0 saturated carbocycles. The molecule has 2 aromatic rings. The van der Waals surface area contributed by atoms with Crippen LogP contribution in [0.2, 0.25) is 0 Å². The van der Waals surface area contributed by atoms with Gasteiger partial charge in [0.05, 0.1) is 12.2 Å². The van der Waals surface area contributed by atoms with Gasteiger partial charge in [0.25, 0.3) is 0 Å². The molecule has 0 spiro atoms. The van der Waals surface area contributed by atoms with Crippen LogP contribution in [0.15, 0.2) is 9.32 Å². The van der Waals surface area contributed by atoms with Crippen molar-refractivity contribution in [1.29, 1.82) is 0 Å². The second kappa shape index (κ2) is 6.55. The maximum absolute atomic E-state index is 12.9. The van der Waals surface area contributed by atoms with E-state index in [9.17, 15) is 4.79 Å². The smallest absolute Gasteiger partial charge is 0.346 e. The largest absolute Gasteiger partial charge is 0.370 e. The zero-order chi connectivity index (χ0) is 17.4. The minimum atomic E-state index is -0.115. The molecule has 0 aliphatic carbocycles. The number of hydrogen-bond donors (Lipinski definition) is 0. The molecule has 132 valence electrons. The third-order valence-corrected chi connectivity index (χ3v) is 4.76. The molecule has 3 heterocycles. The number of rotatable bonds is 5.